The van der Waals surface area contributed by atoms with Crippen LogP contribution < -0.4 is 16.6 Å². The molecular weight excluding hydrogens is 304 g/mol. The van der Waals surface area contributed by atoms with Crippen molar-refractivity contribution in [2.45, 2.75) is 31.2 Å². The first-order valence-electron chi connectivity index (χ1n) is 7.28. The fourth-order valence-electron chi connectivity index (χ4n) is 2.97. The highest BCUT2D eigenvalue weighted by Crippen LogP contribution is 2.37. The molecule has 1 aliphatic rings. The molecule has 8 heteroatoms. The van der Waals surface area contributed by atoms with Crippen molar-refractivity contribution in [2.24, 2.45) is 4.99 Å². The molecular formula is C14H23ClN6O. The molecule has 0 spiro atoms. The summed E-state index contributed by atoms with van der Waals surface area (Å²) in [6, 6.07) is 0. The molecule has 1 aliphatic carbocycles. The number of nitrogens with zero attached hydrogens (tertiary/aromatic N) is 4. The van der Waals surface area contributed by atoms with Gasteiger partial charge in [0.1, 0.15) is 11.2 Å². The van der Waals surface area contributed by atoms with E-state index in [2.05, 4.69) is 36.1 Å². The van der Waals surface area contributed by atoms with Crippen LogP contribution in [0.2, 0.25) is 5.15 Å². The Labute approximate surface area is 135 Å². The third-order valence-corrected chi connectivity index (χ3v) is 4.86. The highest BCUT2D eigenvalue weighted by atomic mass is 35.5. The van der Waals surface area contributed by atoms with Gasteiger partial charge in [-0.3, -0.25) is 4.99 Å². The molecule has 7 nitrogen and oxygen atoms in total. The van der Waals surface area contributed by atoms with Crippen LogP contribution >= 0.6 is 11.6 Å². The second-order valence-electron chi connectivity index (χ2n) is 6.70. The third-order valence-electron chi connectivity index (χ3n) is 4.58. The number of anilines is 2. The summed E-state index contributed by atoms with van der Waals surface area (Å²) in [6.45, 7) is 0.443. The molecule has 1 aromatic rings. The van der Waals surface area contributed by atoms with E-state index < -0.39 is 5.90 Å². The highest BCUT2D eigenvalue weighted by Gasteiger charge is 2.45. The van der Waals surface area contributed by atoms with Gasteiger partial charge in [0, 0.05) is 18.7 Å². The van der Waals surface area contributed by atoms with Crippen molar-refractivity contribution in [3.05, 3.63) is 10.8 Å². The van der Waals surface area contributed by atoms with Gasteiger partial charge in [0.2, 0.25) is 0 Å². The van der Waals surface area contributed by atoms with Gasteiger partial charge in [-0.05, 0) is 12.8 Å². The molecule has 1 heterocycles. The maximum absolute atomic E-state index is 12.3. The van der Waals surface area contributed by atoms with Gasteiger partial charge in [0.25, 0.3) is 0 Å². The van der Waals surface area contributed by atoms with Gasteiger partial charge >= 0.3 is 0 Å². The lowest BCUT2D eigenvalue weighted by Crippen LogP contribution is -2.57. The second kappa shape index (κ2) is 5.89. The largest absolute Gasteiger partial charge is 0.857 e. The lowest BCUT2D eigenvalue weighted by molar-refractivity contribution is -0.921. The molecule has 1 saturated carbocycles. The highest BCUT2D eigenvalue weighted by molar-refractivity contribution is 6.31. The Balaban J connectivity index is 2.28. The van der Waals surface area contributed by atoms with E-state index in [-0.39, 0.29) is 28.0 Å². The van der Waals surface area contributed by atoms with Crippen LogP contribution in [0.15, 0.2) is 4.99 Å². The summed E-state index contributed by atoms with van der Waals surface area (Å²) in [7, 11) is 6.42. The maximum atomic E-state index is 12.3. The number of aromatic nitrogens is 2. The van der Waals surface area contributed by atoms with Crippen molar-refractivity contribution in [3.8, 4) is 0 Å². The van der Waals surface area contributed by atoms with Gasteiger partial charge < -0.3 is 21.1 Å². The fourth-order valence-corrected chi connectivity index (χ4v) is 3.09. The topological polar surface area (TPSA) is 113 Å². The van der Waals surface area contributed by atoms with Crippen LogP contribution in [0, 0.1) is 0 Å². The Morgan fingerprint density at radius 1 is 1.23 bits per heavy atom. The standard InChI is InChI=1S/C14H23ClN6O/c1-21(2,3)14(6-4-5-7-14)8-18-13(22)9-11(16)20-12(17)10(15)19-9/h4-8H2,1-3H3,(H4-,16,17,18,20,22). The Morgan fingerprint density at radius 2 is 1.82 bits per heavy atom. The van der Waals surface area contributed by atoms with Crippen molar-refractivity contribution in [1.82, 2.24) is 9.97 Å². The van der Waals surface area contributed by atoms with Gasteiger partial charge in [0.05, 0.1) is 27.7 Å². The van der Waals surface area contributed by atoms with E-state index in [1.165, 1.54) is 0 Å². The smallest absolute Gasteiger partial charge is 0.172 e. The number of nitrogen functional groups attached to an aromatic ring is 2. The minimum atomic E-state index is -0.494. The molecule has 4 N–H and O–H groups in total. The summed E-state index contributed by atoms with van der Waals surface area (Å²) in [5.74, 6) is -0.526. The molecule has 0 aromatic carbocycles. The Kier molecular flexibility index (Phi) is 4.49. The number of aliphatic imine (C=N–C) groups is 1. The average Bonchev–Trinajstić information content (AvgIpc) is 2.90. The fraction of sp³-hybridized carbons (Fsp3) is 0.643. The maximum Gasteiger partial charge on any atom is 0.172 e. The van der Waals surface area contributed by atoms with Crippen LogP contribution in [-0.2, 0) is 0 Å². The number of halogens is 1. The summed E-state index contributed by atoms with van der Waals surface area (Å²) < 4.78 is 0.771. The van der Waals surface area contributed by atoms with E-state index in [9.17, 15) is 5.11 Å². The van der Waals surface area contributed by atoms with Crippen LogP contribution in [0.5, 0.6) is 0 Å². The predicted octanol–water partition coefficient (Wildman–Crippen LogP) is 0.420. The van der Waals surface area contributed by atoms with Crippen molar-refractivity contribution in [2.75, 3.05) is 39.2 Å². The van der Waals surface area contributed by atoms with Crippen molar-refractivity contribution in [1.29, 1.82) is 0 Å². The van der Waals surface area contributed by atoms with Crippen LogP contribution in [0.1, 0.15) is 31.4 Å². The zero-order valence-corrected chi connectivity index (χ0v) is 14.0. The van der Waals surface area contributed by atoms with E-state index in [0.717, 1.165) is 30.2 Å². The summed E-state index contributed by atoms with van der Waals surface area (Å²) in [6.07, 6.45) is 4.43. The van der Waals surface area contributed by atoms with Gasteiger partial charge in [-0.2, -0.15) is 0 Å². The number of hydrogen-bond acceptors (Lipinski definition) is 6. The van der Waals surface area contributed by atoms with E-state index in [1.54, 1.807) is 0 Å². The normalized spacial score (nSPS) is 18.6. The van der Waals surface area contributed by atoms with E-state index >= 15 is 0 Å². The minimum Gasteiger partial charge on any atom is -0.857 e. The first-order chi connectivity index (χ1) is 10.2. The summed E-state index contributed by atoms with van der Waals surface area (Å²) in [4.78, 5) is 11.9. The monoisotopic (exact) mass is 326 g/mol. The minimum absolute atomic E-state index is 0.00865. The van der Waals surface area contributed by atoms with E-state index in [4.69, 9.17) is 23.1 Å². The lowest BCUT2D eigenvalue weighted by atomic mass is 9.94. The first-order valence-corrected chi connectivity index (χ1v) is 7.66. The average molecular weight is 327 g/mol. The molecule has 1 fully saturated rings. The summed E-state index contributed by atoms with van der Waals surface area (Å²) in [5, 5.41) is 12.3. The zero-order chi connectivity index (χ0) is 16.5. The second-order valence-corrected chi connectivity index (χ2v) is 7.06. The third kappa shape index (κ3) is 3.10. The van der Waals surface area contributed by atoms with Gasteiger partial charge in [0.15, 0.2) is 16.8 Å². The number of rotatable bonds is 4. The number of nitrogens with two attached hydrogens (primary N) is 2. The Morgan fingerprint density at radius 3 is 2.36 bits per heavy atom. The molecule has 0 unspecified atom stereocenters. The molecule has 2 rings (SSSR count). The van der Waals surface area contributed by atoms with Gasteiger partial charge in [-0.25, -0.2) is 9.97 Å². The van der Waals surface area contributed by atoms with Crippen LogP contribution in [0.4, 0.5) is 11.6 Å². The van der Waals surface area contributed by atoms with Gasteiger partial charge in [-0.15, -0.1) is 0 Å². The number of likely N-dealkylation sites (N-methyl/N-ethyl adjacent to an activating group) is 1. The van der Waals surface area contributed by atoms with E-state index in [0.29, 0.717) is 6.54 Å². The van der Waals surface area contributed by atoms with Crippen molar-refractivity contribution >= 4 is 29.1 Å². The lowest BCUT2D eigenvalue weighted by Gasteiger charge is -2.43. The molecule has 1 aromatic heterocycles. The van der Waals surface area contributed by atoms with Crippen LogP contribution in [0.25, 0.3) is 0 Å². The van der Waals surface area contributed by atoms with Crippen LogP contribution in [-0.4, -0.2) is 53.6 Å². The number of hydrogen-bond donors (Lipinski definition) is 2. The Bertz CT molecular complexity index is 590. The predicted molar refractivity (Wildman–Crippen MR) is 86.5 cm³/mol. The molecule has 0 radical (unpaired) electrons. The molecule has 0 bridgehead atoms. The first kappa shape index (κ1) is 16.8. The molecule has 122 valence electrons. The molecule has 0 amide bonds. The van der Waals surface area contributed by atoms with E-state index in [1.807, 2.05) is 0 Å². The Hall–Kier alpha value is -1.60. The zero-order valence-electron chi connectivity index (χ0n) is 13.3. The quantitative estimate of drug-likeness (QED) is 0.473. The van der Waals surface area contributed by atoms with Gasteiger partial charge in [-0.1, -0.05) is 11.6 Å². The molecule has 0 saturated heterocycles. The molecule has 0 atom stereocenters. The SMILES string of the molecule is C[N+](C)(C)C1(CN=C([O-])c2nc(Cl)c(N)nc2N)CCCC1. The summed E-state index contributed by atoms with van der Waals surface area (Å²) >= 11 is 5.81. The van der Waals surface area contributed by atoms with Crippen LogP contribution in [0.3, 0.4) is 0 Å². The molecule has 0 aliphatic heterocycles. The van der Waals surface area contributed by atoms with Crippen molar-refractivity contribution < 1.29 is 9.59 Å². The molecule has 22 heavy (non-hydrogen) atoms. The summed E-state index contributed by atoms with van der Waals surface area (Å²) in [5.41, 5.74) is 11.2. The number of quaternary nitrogens is 1. The van der Waals surface area contributed by atoms with Crippen molar-refractivity contribution in [3.63, 3.8) is 0 Å².